The maximum absolute atomic E-state index is 14.1. The molecule has 20 heavy (non-hydrogen) atoms. The maximum atomic E-state index is 14.1. The van der Waals surface area contributed by atoms with Crippen LogP contribution in [0, 0.1) is 11.6 Å². The summed E-state index contributed by atoms with van der Waals surface area (Å²) < 4.78 is 33.2. The highest BCUT2D eigenvalue weighted by Crippen LogP contribution is 2.46. The molecule has 108 valence electrons. The average Bonchev–Trinajstić information content (AvgIpc) is 3.08. The first-order chi connectivity index (χ1) is 9.63. The lowest BCUT2D eigenvalue weighted by Gasteiger charge is -2.15. The molecule has 1 atom stereocenters. The molecule has 0 bridgehead atoms. The van der Waals surface area contributed by atoms with Gasteiger partial charge in [-0.05, 0) is 36.3 Å². The Labute approximate surface area is 116 Å². The summed E-state index contributed by atoms with van der Waals surface area (Å²) in [7, 11) is 1.60. The monoisotopic (exact) mass is 281 g/mol. The van der Waals surface area contributed by atoms with E-state index in [1.807, 2.05) is 0 Å². The van der Waals surface area contributed by atoms with Crippen LogP contribution < -0.4 is 10.1 Å². The molecule has 0 saturated heterocycles. The third-order valence-electron chi connectivity index (χ3n) is 4.33. The van der Waals surface area contributed by atoms with Crippen LogP contribution in [0.3, 0.4) is 0 Å². The van der Waals surface area contributed by atoms with Crippen molar-refractivity contribution < 1.29 is 18.3 Å². The number of fused-ring (bicyclic) bond motifs is 3. The van der Waals surface area contributed by atoms with Gasteiger partial charge in [0.1, 0.15) is 0 Å². The van der Waals surface area contributed by atoms with E-state index < -0.39 is 11.6 Å². The molecule has 0 unspecified atom stereocenters. The summed E-state index contributed by atoms with van der Waals surface area (Å²) in [4.78, 5) is 11.4. The summed E-state index contributed by atoms with van der Waals surface area (Å²) in [5.74, 6) is -1.40. The molecule has 1 heterocycles. The van der Waals surface area contributed by atoms with E-state index in [9.17, 15) is 13.6 Å². The number of amides is 1. The Kier molecular flexibility index (Phi) is 3.36. The standard InChI is InChI=1S/C15H17F2NO2/c1-18-11(19)5-3-8-2-4-9-12(8)10-6-7-20-15(10)14(17)13(9)16/h8H,2-7H2,1H3,(H,18,19)/t8-/m0/s1. The van der Waals surface area contributed by atoms with E-state index in [4.69, 9.17) is 4.74 Å². The lowest BCUT2D eigenvalue weighted by molar-refractivity contribution is -0.120. The van der Waals surface area contributed by atoms with Gasteiger partial charge >= 0.3 is 0 Å². The number of ether oxygens (including phenoxy) is 1. The second-order valence-corrected chi connectivity index (χ2v) is 5.37. The fraction of sp³-hybridized carbons (Fsp3) is 0.533. The molecule has 0 spiro atoms. The molecule has 3 nitrogen and oxygen atoms in total. The second kappa shape index (κ2) is 5.04. The molecule has 0 radical (unpaired) electrons. The first kappa shape index (κ1) is 13.3. The highest BCUT2D eigenvalue weighted by atomic mass is 19.2. The van der Waals surface area contributed by atoms with Gasteiger partial charge in [-0.15, -0.1) is 0 Å². The van der Waals surface area contributed by atoms with Crippen molar-refractivity contribution in [3.05, 3.63) is 28.3 Å². The maximum Gasteiger partial charge on any atom is 0.219 e. The molecule has 0 saturated carbocycles. The molecule has 1 aliphatic heterocycles. The summed E-state index contributed by atoms with van der Waals surface area (Å²) in [5.41, 5.74) is 2.22. The van der Waals surface area contributed by atoms with Gasteiger partial charge < -0.3 is 10.1 Å². The third-order valence-corrected chi connectivity index (χ3v) is 4.33. The Morgan fingerprint density at radius 3 is 2.85 bits per heavy atom. The van der Waals surface area contributed by atoms with Crippen molar-refractivity contribution in [2.24, 2.45) is 0 Å². The van der Waals surface area contributed by atoms with E-state index in [0.717, 1.165) is 17.5 Å². The highest BCUT2D eigenvalue weighted by Gasteiger charge is 2.35. The number of hydrogen-bond acceptors (Lipinski definition) is 2. The molecule has 1 N–H and O–H groups in total. The molecule has 1 aromatic rings. The Morgan fingerprint density at radius 2 is 2.10 bits per heavy atom. The van der Waals surface area contributed by atoms with E-state index in [-0.39, 0.29) is 17.6 Å². The van der Waals surface area contributed by atoms with Crippen molar-refractivity contribution in [2.75, 3.05) is 13.7 Å². The number of nitrogens with one attached hydrogen (secondary N) is 1. The topological polar surface area (TPSA) is 38.3 Å². The lowest BCUT2D eigenvalue weighted by Crippen LogP contribution is -2.18. The molecule has 0 aromatic heterocycles. The van der Waals surface area contributed by atoms with Crippen molar-refractivity contribution in [1.29, 1.82) is 0 Å². The molecular weight excluding hydrogens is 264 g/mol. The molecule has 5 heteroatoms. The fourth-order valence-corrected chi connectivity index (χ4v) is 3.36. The van der Waals surface area contributed by atoms with E-state index in [2.05, 4.69) is 5.32 Å². The first-order valence-corrected chi connectivity index (χ1v) is 6.99. The SMILES string of the molecule is CNC(=O)CC[C@@H]1CCc2c(F)c(F)c3c(c21)CCO3. The van der Waals surface area contributed by atoms with Crippen LogP contribution in [0.5, 0.6) is 5.75 Å². The van der Waals surface area contributed by atoms with Crippen LogP contribution in [0.25, 0.3) is 0 Å². The number of carbonyl (C=O) groups is 1. The highest BCUT2D eigenvalue weighted by molar-refractivity contribution is 5.75. The summed E-state index contributed by atoms with van der Waals surface area (Å²) in [6, 6.07) is 0. The number of hydrogen-bond donors (Lipinski definition) is 1. The fourth-order valence-electron chi connectivity index (χ4n) is 3.36. The summed E-state index contributed by atoms with van der Waals surface area (Å²) in [6.45, 7) is 0.407. The summed E-state index contributed by atoms with van der Waals surface area (Å²) in [5, 5.41) is 2.59. The van der Waals surface area contributed by atoms with Crippen LogP contribution in [0.4, 0.5) is 8.78 Å². The van der Waals surface area contributed by atoms with Crippen molar-refractivity contribution in [2.45, 2.75) is 38.0 Å². The predicted octanol–water partition coefficient (Wildman–Crippen LogP) is 2.46. The molecule has 1 aromatic carbocycles. The Bertz CT molecular complexity index is 572. The van der Waals surface area contributed by atoms with Crippen molar-refractivity contribution >= 4 is 5.91 Å². The van der Waals surface area contributed by atoms with Crippen LogP contribution in [0.1, 0.15) is 41.9 Å². The van der Waals surface area contributed by atoms with Crippen molar-refractivity contribution in [3.8, 4) is 5.75 Å². The Balaban J connectivity index is 1.95. The van der Waals surface area contributed by atoms with Crippen LogP contribution in [0.2, 0.25) is 0 Å². The normalized spacial score (nSPS) is 19.4. The van der Waals surface area contributed by atoms with Crippen molar-refractivity contribution in [1.82, 2.24) is 5.32 Å². The molecule has 1 aliphatic carbocycles. The quantitative estimate of drug-likeness (QED) is 0.924. The Morgan fingerprint density at radius 1 is 1.30 bits per heavy atom. The molecule has 3 rings (SSSR count). The minimum Gasteiger partial charge on any atom is -0.490 e. The number of benzene rings is 1. The molecule has 2 aliphatic rings. The molecule has 0 fully saturated rings. The zero-order valence-electron chi connectivity index (χ0n) is 11.4. The molecule has 1 amide bonds. The van der Waals surface area contributed by atoms with Crippen LogP contribution >= 0.6 is 0 Å². The van der Waals surface area contributed by atoms with Gasteiger partial charge in [0.2, 0.25) is 11.7 Å². The van der Waals surface area contributed by atoms with E-state index in [1.165, 1.54) is 0 Å². The van der Waals surface area contributed by atoms with E-state index >= 15 is 0 Å². The van der Waals surface area contributed by atoms with Gasteiger partial charge in [0.15, 0.2) is 11.6 Å². The average molecular weight is 281 g/mol. The first-order valence-electron chi connectivity index (χ1n) is 6.99. The van der Waals surface area contributed by atoms with Crippen LogP contribution in [-0.2, 0) is 17.6 Å². The number of carbonyl (C=O) groups excluding carboxylic acids is 1. The summed E-state index contributed by atoms with van der Waals surface area (Å²) in [6.07, 6.45) is 3.04. The minimum atomic E-state index is -0.844. The minimum absolute atomic E-state index is 0.0195. The van der Waals surface area contributed by atoms with Crippen molar-refractivity contribution in [3.63, 3.8) is 0 Å². The van der Waals surface area contributed by atoms with Gasteiger partial charge in [-0.2, -0.15) is 4.39 Å². The smallest absolute Gasteiger partial charge is 0.219 e. The van der Waals surface area contributed by atoms with Gasteiger partial charge in [0.05, 0.1) is 6.61 Å². The van der Waals surface area contributed by atoms with Gasteiger partial charge in [-0.25, -0.2) is 4.39 Å². The zero-order chi connectivity index (χ0) is 14.3. The zero-order valence-corrected chi connectivity index (χ0v) is 11.4. The Hall–Kier alpha value is -1.65. The summed E-state index contributed by atoms with van der Waals surface area (Å²) >= 11 is 0. The third kappa shape index (κ3) is 1.96. The number of halogens is 2. The van der Waals surface area contributed by atoms with Crippen LogP contribution in [-0.4, -0.2) is 19.6 Å². The van der Waals surface area contributed by atoms with Crippen LogP contribution in [0.15, 0.2) is 0 Å². The lowest BCUT2D eigenvalue weighted by atomic mass is 9.90. The van der Waals surface area contributed by atoms with E-state index in [1.54, 1.807) is 7.05 Å². The molecular formula is C15H17F2NO2. The van der Waals surface area contributed by atoms with E-state index in [0.29, 0.717) is 37.9 Å². The number of rotatable bonds is 3. The largest absolute Gasteiger partial charge is 0.490 e. The second-order valence-electron chi connectivity index (χ2n) is 5.37. The predicted molar refractivity (Wildman–Crippen MR) is 69.9 cm³/mol. The van der Waals surface area contributed by atoms with Gasteiger partial charge in [0, 0.05) is 25.5 Å². The van der Waals surface area contributed by atoms with Gasteiger partial charge in [0.25, 0.3) is 0 Å². The van der Waals surface area contributed by atoms with Gasteiger partial charge in [-0.1, -0.05) is 0 Å². The van der Waals surface area contributed by atoms with Gasteiger partial charge in [-0.3, -0.25) is 4.79 Å².